The Hall–Kier alpha value is -3.32. The molecule has 2 aromatic carbocycles. The molecule has 2 heterocycles. The molecule has 4 rings (SSSR count). The molecule has 0 bridgehead atoms. The fourth-order valence-electron chi connectivity index (χ4n) is 3.00. The smallest absolute Gasteiger partial charge is 0.228 e. The summed E-state index contributed by atoms with van der Waals surface area (Å²) in [6.07, 6.45) is 4.20. The number of methoxy groups -OCH3 is 2. The van der Waals surface area contributed by atoms with Crippen LogP contribution in [0.3, 0.4) is 0 Å². The maximum Gasteiger partial charge on any atom is 0.228 e. The number of rotatable bonds is 6. The Bertz CT molecular complexity index is 1100. The topological polar surface area (TPSA) is 64.9 Å². The van der Waals surface area contributed by atoms with Crippen LogP contribution in [-0.2, 0) is 11.2 Å². The molecule has 28 heavy (non-hydrogen) atoms. The number of aromatic nitrogens is 2. The van der Waals surface area contributed by atoms with E-state index < -0.39 is 0 Å². The molecule has 0 saturated heterocycles. The molecule has 0 aliphatic carbocycles. The lowest BCUT2D eigenvalue weighted by molar-refractivity contribution is -0.115. The van der Waals surface area contributed by atoms with Crippen LogP contribution < -0.4 is 14.8 Å². The normalized spacial score (nSPS) is 10.8. The van der Waals surface area contributed by atoms with Crippen LogP contribution in [0, 0.1) is 0 Å². The van der Waals surface area contributed by atoms with Crippen LogP contribution in [0.25, 0.3) is 16.2 Å². The van der Waals surface area contributed by atoms with Gasteiger partial charge in [-0.05, 0) is 29.8 Å². The third kappa shape index (κ3) is 3.70. The molecule has 0 radical (unpaired) electrons. The Morgan fingerprint density at radius 2 is 2.00 bits per heavy atom. The molecule has 0 saturated carbocycles. The second-order valence-corrected chi connectivity index (χ2v) is 7.09. The van der Waals surface area contributed by atoms with Crippen LogP contribution in [0.4, 0.5) is 5.69 Å². The van der Waals surface area contributed by atoms with Gasteiger partial charge in [-0.2, -0.15) is 0 Å². The molecule has 0 spiro atoms. The summed E-state index contributed by atoms with van der Waals surface area (Å²) in [5, 5.41) is 4.95. The van der Waals surface area contributed by atoms with Gasteiger partial charge >= 0.3 is 0 Å². The quantitative estimate of drug-likeness (QED) is 0.532. The maximum atomic E-state index is 12.5. The molecular formula is C21H19N3O3S. The summed E-state index contributed by atoms with van der Waals surface area (Å²) in [5.74, 6) is 1.14. The van der Waals surface area contributed by atoms with Crippen LogP contribution in [0.2, 0.25) is 0 Å². The monoisotopic (exact) mass is 393 g/mol. The molecule has 6 nitrogen and oxygen atoms in total. The molecule has 1 N–H and O–H groups in total. The van der Waals surface area contributed by atoms with Crippen molar-refractivity contribution in [2.75, 3.05) is 19.5 Å². The number of hydrogen-bond acceptors (Lipinski definition) is 5. The highest BCUT2D eigenvalue weighted by atomic mass is 32.1. The summed E-state index contributed by atoms with van der Waals surface area (Å²) < 4.78 is 12.5. The average Bonchev–Trinajstić information content (AvgIpc) is 3.30. The summed E-state index contributed by atoms with van der Waals surface area (Å²) in [4.78, 5) is 18.0. The number of ether oxygens (including phenoxy) is 2. The standard InChI is InChI=1S/C21H19N3O3S/c1-26-18-7-6-14(10-19(18)27-2)11-20(25)22-16-5-3-4-15(12-16)17-13-24-8-9-28-21(24)23-17/h3-10,12-13H,11H2,1-2H3,(H,22,25). The first-order valence-electron chi connectivity index (χ1n) is 8.69. The first-order chi connectivity index (χ1) is 13.7. The lowest BCUT2D eigenvalue weighted by Crippen LogP contribution is -2.14. The van der Waals surface area contributed by atoms with Crippen LogP contribution in [0.15, 0.2) is 60.2 Å². The molecule has 0 unspecified atom stereocenters. The number of nitrogens with zero attached hydrogens (tertiary/aromatic N) is 2. The fraction of sp³-hybridized carbons (Fsp3) is 0.143. The summed E-state index contributed by atoms with van der Waals surface area (Å²) in [6, 6.07) is 13.2. The number of thiazole rings is 1. The molecule has 4 aromatic rings. The molecule has 7 heteroatoms. The van der Waals surface area contributed by atoms with Crippen molar-refractivity contribution in [3.05, 3.63) is 65.8 Å². The zero-order chi connectivity index (χ0) is 19.5. The van der Waals surface area contributed by atoms with E-state index in [-0.39, 0.29) is 12.3 Å². The van der Waals surface area contributed by atoms with Crippen molar-refractivity contribution >= 4 is 27.9 Å². The van der Waals surface area contributed by atoms with Crippen LogP contribution >= 0.6 is 11.3 Å². The molecule has 0 fully saturated rings. The van der Waals surface area contributed by atoms with Crippen molar-refractivity contribution in [3.63, 3.8) is 0 Å². The summed E-state index contributed by atoms with van der Waals surface area (Å²) >= 11 is 1.59. The minimum atomic E-state index is -0.102. The predicted octanol–water partition coefficient (Wildman–Crippen LogP) is 4.26. The number of hydrogen-bond donors (Lipinski definition) is 1. The summed E-state index contributed by atoms with van der Waals surface area (Å²) in [7, 11) is 3.16. The van der Waals surface area contributed by atoms with E-state index in [1.54, 1.807) is 31.6 Å². The van der Waals surface area contributed by atoms with Crippen molar-refractivity contribution in [3.8, 4) is 22.8 Å². The zero-order valence-corrected chi connectivity index (χ0v) is 16.3. The maximum absolute atomic E-state index is 12.5. The molecular weight excluding hydrogens is 374 g/mol. The van der Waals surface area contributed by atoms with Gasteiger partial charge in [-0.25, -0.2) is 4.98 Å². The van der Waals surface area contributed by atoms with Gasteiger partial charge in [0.25, 0.3) is 0 Å². The van der Waals surface area contributed by atoms with E-state index in [0.29, 0.717) is 11.5 Å². The number of amides is 1. The minimum Gasteiger partial charge on any atom is -0.493 e. The van der Waals surface area contributed by atoms with E-state index in [9.17, 15) is 4.79 Å². The Balaban J connectivity index is 1.48. The van der Waals surface area contributed by atoms with Gasteiger partial charge in [-0.15, -0.1) is 11.3 Å². The third-order valence-corrected chi connectivity index (χ3v) is 5.12. The highest BCUT2D eigenvalue weighted by molar-refractivity contribution is 7.15. The van der Waals surface area contributed by atoms with Gasteiger partial charge in [0.05, 0.1) is 26.3 Å². The molecule has 0 aliphatic rings. The van der Waals surface area contributed by atoms with Gasteiger partial charge in [0.1, 0.15) is 0 Å². The third-order valence-electron chi connectivity index (χ3n) is 4.35. The van der Waals surface area contributed by atoms with Gasteiger partial charge in [0.2, 0.25) is 5.91 Å². The lowest BCUT2D eigenvalue weighted by Gasteiger charge is -2.10. The Labute approximate surface area is 166 Å². The van der Waals surface area contributed by atoms with Gasteiger partial charge in [-0.3, -0.25) is 9.20 Å². The number of anilines is 1. The van der Waals surface area contributed by atoms with Crippen molar-refractivity contribution < 1.29 is 14.3 Å². The van der Waals surface area contributed by atoms with Crippen molar-refractivity contribution in [1.29, 1.82) is 0 Å². The Kier molecular flexibility index (Phi) is 4.99. The van der Waals surface area contributed by atoms with Crippen LogP contribution in [-0.4, -0.2) is 29.5 Å². The average molecular weight is 393 g/mol. The number of fused-ring (bicyclic) bond motifs is 1. The van der Waals surface area contributed by atoms with E-state index in [0.717, 1.165) is 27.5 Å². The second kappa shape index (κ2) is 7.74. The largest absolute Gasteiger partial charge is 0.493 e. The van der Waals surface area contributed by atoms with Crippen molar-refractivity contribution in [2.45, 2.75) is 6.42 Å². The van der Waals surface area contributed by atoms with E-state index in [4.69, 9.17) is 9.47 Å². The first-order valence-corrected chi connectivity index (χ1v) is 9.57. The van der Waals surface area contributed by atoms with Gasteiger partial charge in [0.15, 0.2) is 16.5 Å². The number of nitrogens with one attached hydrogen (secondary N) is 1. The predicted molar refractivity (Wildman–Crippen MR) is 110 cm³/mol. The van der Waals surface area contributed by atoms with Gasteiger partial charge in [0, 0.05) is 29.0 Å². The first kappa shape index (κ1) is 18.1. The van der Waals surface area contributed by atoms with E-state index >= 15 is 0 Å². The van der Waals surface area contributed by atoms with Gasteiger partial charge < -0.3 is 14.8 Å². The summed E-state index contributed by atoms with van der Waals surface area (Å²) in [6.45, 7) is 0. The molecule has 142 valence electrons. The van der Waals surface area contributed by atoms with Crippen LogP contribution in [0.1, 0.15) is 5.56 Å². The SMILES string of the molecule is COc1ccc(CC(=O)Nc2cccc(-c3cn4ccsc4n3)c2)cc1OC. The zero-order valence-electron chi connectivity index (χ0n) is 15.5. The Morgan fingerprint density at radius 1 is 1.14 bits per heavy atom. The second-order valence-electron chi connectivity index (χ2n) is 6.21. The number of carbonyl (C=O) groups is 1. The van der Waals surface area contributed by atoms with Crippen molar-refractivity contribution in [2.24, 2.45) is 0 Å². The number of carbonyl (C=O) groups excluding carboxylic acids is 1. The lowest BCUT2D eigenvalue weighted by atomic mass is 10.1. The number of benzene rings is 2. The highest BCUT2D eigenvalue weighted by Crippen LogP contribution is 2.28. The molecule has 1 amide bonds. The van der Waals surface area contributed by atoms with E-state index in [1.807, 2.05) is 58.6 Å². The summed E-state index contributed by atoms with van der Waals surface area (Å²) in [5.41, 5.74) is 3.42. The Morgan fingerprint density at radius 3 is 2.79 bits per heavy atom. The highest BCUT2D eigenvalue weighted by Gasteiger charge is 2.10. The fourth-order valence-corrected chi connectivity index (χ4v) is 3.70. The molecule has 0 aliphatic heterocycles. The molecule has 0 atom stereocenters. The van der Waals surface area contributed by atoms with E-state index in [1.165, 1.54) is 0 Å². The van der Waals surface area contributed by atoms with Crippen LogP contribution in [0.5, 0.6) is 11.5 Å². The number of imidazole rings is 1. The minimum absolute atomic E-state index is 0.102. The van der Waals surface area contributed by atoms with Crippen molar-refractivity contribution in [1.82, 2.24) is 9.38 Å². The van der Waals surface area contributed by atoms with E-state index in [2.05, 4.69) is 10.3 Å². The van der Waals surface area contributed by atoms with Gasteiger partial charge in [-0.1, -0.05) is 18.2 Å². The molecule has 2 aromatic heterocycles.